The molecule has 0 atom stereocenters. The van der Waals surface area contributed by atoms with Gasteiger partial charge in [-0.1, -0.05) is 0 Å². The first-order valence-electron chi connectivity index (χ1n) is 3.26. The molecule has 0 saturated heterocycles. The van der Waals surface area contributed by atoms with E-state index in [1.807, 2.05) is 0 Å². The molecule has 0 heterocycles. The van der Waals surface area contributed by atoms with Gasteiger partial charge in [-0.3, -0.25) is 0 Å². The van der Waals surface area contributed by atoms with Gasteiger partial charge in [0.2, 0.25) is 0 Å². The lowest BCUT2D eigenvalue weighted by molar-refractivity contribution is 0.0697. The average molecular weight is 182 g/mol. The predicted octanol–water partition coefficient (Wildman–Crippen LogP) is 1.04. The summed E-state index contributed by atoms with van der Waals surface area (Å²) in [7, 11) is 0. The van der Waals surface area contributed by atoms with Crippen LogP contribution in [0.1, 0.15) is 10.4 Å². The number of nitrogens with zero attached hydrogens (tertiary/aromatic N) is 1. The quantitative estimate of drug-likeness (QED) is 0.537. The molecule has 0 aliphatic rings. The Bertz CT molecular complexity index is 350. The highest BCUT2D eigenvalue weighted by atomic mass is 16.6. The number of carboxylic acid groups (broad SMARTS) is 1. The molecule has 0 fully saturated rings. The maximum Gasteiger partial charge on any atom is 0.338 e. The van der Waals surface area contributed by atoms with Crippen LogP contribution in [-0.2, 0) is 0 Å². The van der Waals surface area contributed by atoms with E-state index in [2.05, 4.69) is 10.0 Å². The smallest absolute Gasteiger partial charge is 0.338 e. The number of carboxylic acids is 1. The fourth-order valence-electron chi connectivity index (χ4n) is 0.839. The van der Waals surface area contributed by atoms with Gasteiger partial charge in [-0.25, -0.2) is 4.79 Å². The van der Waals surface area contributed by atoms with Gasteiger partial charge in [-0.2, -0.15) is 5.90 Å². The van der Waals surface area contributed by atoms with Crippen LogP contribution >= 0.6 is 0 Å². The van der Waals surface area contributed by atoms with Gasteiger partial charge < -0.3 is 9.94 Å². The SMILES string of the molecule is NOc1ccc(N=O)c(C(=O)O)c1. The molecule has 0 unspecified atom stereocenters. The summed E-state index contributed by atoms with van der Waals surface area (Å²) in [6.45, 7) is 0. The average Bonchev–Trinajstić information content (AvgIpc) is 2.16. The highest BCUT2D eigenvalue weighted by molar-refractivity contribution is 5.93. The number of nitroso groups, excluding NO2 is 1. The summed E-state index contributed by atoms with van der Waals surface area (Å²) < 4.78 is 0. The molecule has 3 N–H and O–H groups in total. The topological polar surface area (TPSA) is 102 Å². The maximum atomic E-state index is 10.6. The van der Waals surface area contributed by atoms with Crippen LogP contribution in [0.4, 0.5) is 5.69 Å². The predicted molar refractivity (Wildman–Crippen MR) is 43.7 cm³/mol. The van der Waals surface area contributed by atoms with E-state index in [1.54, 1.807) is 0 Å². The van der Waals surface area contributed by atoms with Gasteiger partial charge >= 0.3 is 5.97 Å². The van der Waals surface area contributed by atoms with E-state index in [0.29, 0.717) is 0 Å². The van der Waals surface area contributed by atoms with Crippen LogP contribution in [0.2, 0.25) is 0 Å². The molecule has 0 amide bonds. The van der Waals surface area contributed by atoms with Gasteiger partial charge in [-0.05, 0) is 23.4 Å². The summed E-state index contributed by atoms with van der Waals surface area (Å²) in [5.41, 5.74) is -0.397. The fraction of sp³-hybridized carbons (Fsp3) is 0. The van der Waals surface area contributed by atoms with Crippen molar-refractivity contribution < 1.29 is 14.7 Å². The minimum Gasteiger partial charge on any atom is -0.478 e. The molecule has 68 valence electrons. The molecule has 1 aromatic carbocycles. The largest absolute Gasteiger partial charge is 0.478 e. The fourth-order valence-corrected chi connectivity index (χ4v) is 0.839. The molecule has 0 bridgehead atoms. The summed E-state index contributed by atoms with van der Waals surface area (Å²) in [4.78, 5) is 25.0. The molecular weight excluding hydrogens is 176 g/mol. The molecule has 13 heavy (non-hydrogen) atoms. The van der Waals surface area contributed by atoms with Gasteiger partial charge in [-0.15, -0.1) is 4.91 Å². The summed E-state index contributed by atoms with van der Waals surface area (Å²) >= 11 is 0. The summed E-state index contributed by atoms with van der Waals surface area (Å²) in [5, 5.41) is 11.2. The van der Waals surface area contributed by atoms with Crippen LogP contribution in [0, 0.1) is 4.91 Å². The number of benzene rings is 1. The van der Waals surface area contributed by atoms with Crippen LogP contribution in [-0.4, -0.2) is 11.1 Å². The van der Waals surface area contributed by atoms with Crippen molar-refractivity contribution in [1.29, 1.82) is 0 Å². The minimum atomic E-state index is -1.26. The van der Waals surface area contributed by atoms with E-state index in [-0.39, 0.29) is 17.0 Å². The van der Waals surface area contributed by atoms with Crippen LogP contribution in [0.15, 0.2) is 23.4 Å². The molecule has 0 aromatic heterocycles. The molecule has 1 rings (SSSR count). The Balaban J connectivity index is 3.25. The molecule has 0 aliphatic carbocycles. The number of aromatic carboxylic acids is 1. The Morgan fingerprint density at radius 1 is 1.54 bits per heavy atom. The van der Waals surface area contributed by atoms with Crippen LogP contribution in [0.3, 0.4) is 0 Å². The van der Waals surface area contributed by atoms with Crippen molar-refractivity contribution in [2.24, 2.45) is 11.1 Å². The van der Waals surface area contributed by atoms with Gasteiger partial charge in [0.15, 0.2) is 0 Å². The zero-order valence-corrected chi connectivity index (χ0v) is 6.43. The first-order valence-corrected chi connectivity index (χ1v) is 3.26. The third-order valence-electron chi connectivity index (χ3n) is 1.43. The van der Waals surface area contributed by atoms with Gasteiger partial charge in [0.1, 0.15) is 11.4 Å². The normalized spacial score (nSPS) is 9.31. The molecule has 0 aliphatic heterocycles. The third kappa shape index (κ3) is 1.79. The Labute approximate surface area is 72.9 Å². The summed E-state index contributed by atoms with van der Waals surface area (Å²) in [5.74, 6) is 3.71. The molecule has 1 aromatic rings. The zero-order chi connectivity index (χ0) is 9.84. The van der Waals surface area contributed by atoms with Gasteiger partial charge in [0.25, 0.3) is 0 Å². The second-order valence-corrected chi connectivity index (χ2v) is 2.19. The van der Waals surface area contributed by atoms with Crippen LogP contribution in [0.25, 0.3) is 0 Å². The van der Waals surface area contributed by atoms with Gasteiger partial charge in [0.05, 0.1) is 5.56 Å². The van der Waals surface area contributed by atoms with E-state index in [9.17, 15) is 9.70 Å². The standard InChI is InChI=1S/C7H6N2O4/c8-13-4-1-2-6(9-12)5(3-4)7(10)11/h1-3H,8H2,(H,10,11). The van der Waals surface area contributed by atoms with E-state index in [4.69, 9.17) is 11.0 Å². The Morgan fingerprint density at radius 3 is 2.69 bits per heavy atom. The van der Waals surface area contributed by atoms with E-state index >= 15 is 0 Å². The Kier molecular flexibility index (Phi) is 2.56. The number of nitrogens with two attached hydrogens (primary N) is 1. The van der Waals surface area contributed by atoms with E-state index in [0.717, 1.165) is 6.07 Å². The van der Waals surface area contributed by atoms with Crippen molar-refractivity contribution in [1.82, 2.24) is 0 Å². The number of carbonyl (C=O) groups is 1. The molecule has 6 heteroatoms. The summed E-state index contributed by atoms with van der Waals surface area (Å²) in [6, 6.07) is 3.70. The second kappa shape index (κ2) is 3.63. The molecule has 6 nitrogen and oxygen atoms in total. The maximum absolute atomic E-state index is 10.6. The van der Waals surface area contributed by atoms with Crippen molar-refractivity contribution in [3.8, 4) is 5.75 Å². The Morgan fingerprint density at radius 2 is 2.23 bits per heavy atom. The van der Waals surface area contributed by atoms with Crippen molar-refractivity contribution in [3.05, 3.63) is 28.7 Å². The van der Waals surface area contributed by atoms with Gasteiger partial charge in [0, 0.05) is 0 Å². The lowest BCUT2D eigenvalue weighted by Gasteiger charge is -2.00. The highest BCUT2D eigenvalue weighted by Gasteiger charge is 2.11. The van der Waals surface area contributed by atoms with E-state index < -0.39 is 5.97 Å². The zero-order valence-electron chi connectivity index (χ0n) is 6.43. The first-order chi connectivity index (χ1) is 6.19. The minimum absolute atomic E-state index is 0.157. The lowest BCUT2D eigenvalue weighted by atomic mass is 10.2. The Hall–Kier alpha value is -1.95. The van der Waals surface area contributed by atoms with Crippen LogP contribution < -0.4 is 10.7 Å². The second-order valence-electron chi connectivity index (χ2n) is 2.19. The molecule has 0 radical (unpaired) electrons. The van der Waals surface area contributed by atoms with Crippen molar-refractivity contribution in [2.75, 3.05) is 0 Å². The molecule has 0 spiro atoms. The van der Waals surface area contributed by atoms with Crippen molar-refractivity contribution in [3.63, 3.8) is 0 Å². The van der Waals surface area contributed by atoms with Crippen molar-refractivity contribution in [2.45, 2.75) is 0 Å². The summed E-state index contributed by atoms with van der Waals surface area (Å²) in [6.07, 6.45) is 0. The first kappa shape index (κ1) is 9.14. The molecular formula is C7H6N2O4. The monoisotopic (exact) mass is 182 g/mol. The number of rotatable bonds is 3. The number of hydrogen-bond acceptors (Lipinski definition) is 5. The van der Waals surface area contributed by atoms with Crippen molar-refractivity contribution >= 4 is 11.7 Å². The molecule has 0 saturated carbocycles. The third-order valence-corrected chi connectivity index (χ3v) is 1.43. The van der Waals surface area contributed by atoms with Crippen LogP contribution in [0.5, 0.6) is 5.75 Å². The highest BCUT2D eigenvalue weighted by Crippen LogP contribution is 2.23. The van der Waals surface area contributed by atoms with E-state index in [1.165, 1.54) is 12.1 Å². The lowest BCUT2D eigenvalue weighted by Crippen LogP contribution is -2.03. The number of hydrogen-bond donors (Lipinski definition) is 2.